The highest BCUT2D eigenvalue weighted by Crippen LogP contribution is 2.28. The second-order valence-corrected chi connectivity index (χ2v) is 8.03. The van der Waals surface area contributed by atoms with Crippen LogP contribution in [-0.4, -0.2) is 44.4 Å². The molecular formula is C23H27N5O2. The van der Waals surface area contributed by atoms with Crippen molar-refractivity contribution in [2.45, 2.75) is 45.1 Å². The molecule has 1 aliphatic heterocycles. The number of nitrogens with zero attached hydrogens (tertiary/aromatic N) is 4. The average Bonchev–Trinajstić information content (AvgIpc) is 3.18. The molecule has 1 saturated heterocycles. The van der Waals surface area contributed by atoms with E-state index in [9.17, 15) is 9.59 Å². The number of likely N-dealkylation sites (tertiary alicyclic amines) is 1. The van der Waals surface area contributed by atoms with Crippen LogP contribution < -0.4 is 5.32 Å². The fraction of sp³-hybridized carbons (Fsp3) is 0.391. The molecule has 1 aromatic carbocycles. The molecule has 0 saturated carbocycles. The van der Waals surface area contributed by atoms with Crippen LogP contribution in [0.15, 0.2) is 48.7 Å². The summed E-state index contributed by atoms with van der Waals surface area (Å²) in [5, 5.41) is 11.6. The van der Waals surface area contributed by atoms with E-state index in [2.05, 4.69) is 15.5 Å². The minimum atomic E-state index is -0.329. The molecule has 30 heavy (non-hydrogen) atoms. The number of hydrogen-bond acceptors (Lipinski definition) is 4. The molecule has 0 bridgehead atoms. The zero-order valence-electron chi connectivity index (χ0n) is 17.4. The molecule has 1 fully saturated rings. The van der Waals surface area contributed by atoms with Gasteiger partial charge in [0.05, 0.1) is 12.5 Å². The van der Waals surface area contributed by atoms with Crippen molar-refractivity contribution < 1.29 is 9.59 Å². The highest BCUT2D eigenvalue weighted by molar-refractivity contribution is 5.79. The van der Waals surface area contributed by atoms with Gasteiger partial charge in [-0.15, -0.1) is 10.2 Å². The molecule has 3 heterocycles. The number of carbonyl (C=O) groups excluding carboxylic acids is 2. The van der Waals surface area contributed by atoms with Gasteiger partial charge in [-0.1, -0.05) is 35.9 Å². The number of hydrogen-bond donors (Lipinski definition) is 1. The number of nitrogens with one attached hydrogen (secondary N) is 1. The summed E-state index contributed by atoms with van der Waals surface area (Å²) in [7, 11) is 0. The van der Waals surface area contributed by atoms with E-state index in [0.29, 0.717) is 6.54 Å². The maximum Gasteiger partial charge on any atom is 0.225 e. The fourth-order valence-corrected chi connectivity index (χ4v) is 4.15. The molecule has 0 spiro atoms. The molecule has 7 nitrogen and oxygen atoms in total. The van der Waals surface area contributed by atoms with Gasteiger partial charge >= 0.3 is 0 Å². The molecule has 0 radical (unpaired) electrons. The first-order valence-corrected chi connectivity index (χ1v) is 10.4. The summed E-state index contributed by atoms with van der Waals surface area (Å²) < 4.78 is 2.01. The van der Waals surface area contributed by atoms with Gasteiger partial charge in [-0.2, -0.15) is 0 Å². The van der Waals surface area contributed by atoms with Gasteiger partial charge in [0.25, 0.3) is 0 Å². The summed E-state index contributed by atoms with van der Waals surface area (Å²) in [6.45, 7) is 4.85. The van der Waals surface area contributed by atoms with E-state index in [4.69, 9.17) is 0 Å². The third-order valence-corrected chi connectivity index (χ3v) is 5.72. The van der Waals surface area contributed by atoms with Gasteiger partial charge < -0.3 is 10.2 Å². The van der Waals surface area contributed by atoms with E-state index in [0.717, 1.165) is 42.0 Å². The lowest BCUT2D eigenvalue weighted by atomic mass is 9.95. The van der Waals surface area contributed by atoms with Crippen molar-refractivity contribution in [3.05, 3.63) is 65.6 Å². The Kier molecular flexibility index (Phi) is 5.79. The Morgan fingerprint density at radius 3 is 2.73 bits per heavy atom. The van der Waals surface area contributed by atoms with Crippen LogP contribution in [0.2, 0.25) is 0 Å². The molecule has 4 rings (SSSR count). The molecule has 7 heteroatoms. The smallest absolute Gasteiger partial charge is 0.225 e. The SMILES string of the molecule is CC(=O)NC(CC(=O)N1CCCC(c2nnc3ccccn23)C1)c1ccc(C)cc1. The first-order valence-electron chi connectivity index (χ1n) is 10.4. The molecule has 2 aromatic heterocycles. The first-order chi connectivity index (χ1) is 14.5. The van der Waals surface area contributed by atoms with Crippen LogP contribution in [0, 0.1) is 6.92 Å². The number of fused-ring (bicyclic) bond motifs is 1. The lowest BCUT2D eigenvalue weighted by Gasteiger charge is -2.33. The summed E-state index contributed by atoms with van der Waals surface area (Å²) in [6, 6.07) is 13.5. The number of amides is 2. The first kappa shape index (κ1) is 20.1. The van der Waals surface area contributed by atoms with E-state index in [1.165, 1.54) is 6.92 Å². The van der Waals surface area contributed by atoms with Crippen molar-refractivity contribution in [1.29, 1.82) is 0 Å². The Hall–Kier alpha value is -3.22. The van der Waals surface area contributed by atoms with Crippen LogP contribution in [0.3, 0.4) is 0 Å². The third kappa shape index (κ3) is 4.35. The summed E-state index contributed by atoms with van der Waals surface area (Å²) in [6.07, 6.45) is 4.12. The zero-order valence-corrected chi connectivity index (χ0v) is 17.4. The van der Waals surface area contributed by atoms with Crippen LogP contribution in [0.25, 0.3) is 5.65 Å². The number of pyridine rings is 1. The highest BCUT2D eigenvalue weighted by Gasteiger charge is 2.29. The second-order valence-electron chi connectivity index (χ2n) is 8.03. The number of aromatic nitrogens is 3. The van der Waals surface area contributed by atoms with Crippen LogP contribution in [0.1, 0.15) is 55.1 Å². The molecule has 1 N–H and O–H groups in total. The zero-order chi connectivity index (χ0) is 21.1. The maximum absolute atomic E-state index is 13.1. The number of carbonyl (C=O) groups is 2. The number of benzene rings is 1. The molecule has 1 aliphatic rings. The molecular weight excluding hydrogens is 378 g/mol. The Morgan fingerprint density at radius 2 is 1.97 bits per heavy atom. The fourth-order valence-electron chi connectivity index (χ4n) is 4.15. The normalized spacial score (nSPS) is 17.7. The monoisotopic (exact) mass is 405 g/mol. The van der Waals surface area contributed by atoms with E-state index >= 15 is 0 Å². The Bertz CT molecular complexity index is 1040. The predicted octanol–water partition coefficient (Wildman–Crippen LogP) is 3.01. The van der Waals surface area contributed by atoms with Gasteiger partial charge in [-0.3, -0.25) is 14.0 Å². The van der Waals surface area contributed by atoms with E-state index in [1.54, 1.807) is 0 Å². The van der Waals surface area contributed by atoms with Gasteiger partial charge in [0.1, 0.15) is 5.82 Å². The Labute approximate surface area is 176 Å². The Morgan fingerprint density at radius 1 is 1.17 bits per heavy atom. The lowest BCUT2D eigenvalue weighted by molar-refractivity contribution is -0.133. The molecule has 3 aromatic rings. The minimum absolute atomic E-state index is 0.0489. The minimum Gasteiger partial charge on any atom is -0.349 e. The van der Waals surface area contributed by atoms with Crippen molar-refractivity contribution in [2.24, 2.45) is 0 Å². The third-order valence-electron chi connectivity index (χ3n) is 5.72. The molecule has 2 amide bonds. The van der Waals surface area contributed by atoms with E-state index in [-0.39, 0.29) is 30.2 Å². The summed E-state index contributed by atoms with van der Waals surface area (Å²) >= 11 is 0. The summed E-state index contributed by atoms with van der Waals surface area (Å²) in [5.74, 6) is 0.964. The molecule has 156 valence electrons. The number of aryl methyl sites for hydroxylation is 1. The number of rotatable bonds is 5. The van der Waals surface area contributed by atoms with Crippen molar-refractivity contribution in [3.63, 3.8) is 0 Å². The lowest BCUT2D eigenvalue weighted by Crippen LogP contribution is -2.41. The van der Waals surface area contributed by atoms with Crippen LogP contribution in [0.5, 0.6) is 0 Å². The van der Waals surface area contributed by atoms with Crippen molar-refractivity contribution in [2.75, 3.05) is 13.1 Å². The molecule has 2 unspecified atom stereocenters. The van der Waals surface area contributed by atoms with Gasteiger partial charge in [0, 0.05) is 32.1 Å². The van der Waals surface area contributed by atoms with E-state index in [1.807, 2.05) is 64.9 Å². The topological polar surface area (TPSA) is 79.6 Å². The van der Waals surface area contributed by atoms with Crippen molar-refractivity contribution in [1.82, 2.24) is 24.8 Å². The largest absolute Gasteiger partial charge is 0.349 e. The Balaban J connectivity index is 1.48. The van der Waals surface area contributed by atoms with Crippen molar-refractivity contribution >= 4 is 17.5 Å². The van der Waals surface area contributed by atoms with Gasteiger partial charge in [0.2, 0.25) is 11.8 Å². The standard InChI is InChI=1S/C23H27N5O2/c1-16-8-10-18(11-9-16)20(24-17(2)29)14-22(30)27-12-5-6-19(15-27)23-26-25-21-7-3-4-13-28(21)23/h3-4,7-11,13,19-20H,5-6,12,14-15H2,1-2H3,(H,24,29). The molecule has 0 aliphatic carbocycles. The maximum atomic E-state index is 13.1. The quantitative estimate of drug-likeness (QED) is 0.708. The van der Waals surface area contributed by atoms with Crippen LogP contribution in [0.4, 0.5) is 0 Å². The average molecular weight is 406 g/mol. The van der Waals surface area contributed by atoms with Crippen LogP contribution >= 0.6 is 0 Å². The number of piperidine rings is 1. The van der Waals surface area contributed by atoms with Gasteiger partial charge in [0.15, 0.2) is 5.65 Å². The van der Waals surface area contributed by atoms with Gasteiger partial charge in [-0.05, 0) is 37.5 Å². The second kappa shape index (κ2) is 8.65. The van der Waals surface area contributed by atoms with Crippen LogP contribution in [-0.2, 0) is 9.59 Å². The summed E-state index contributed by atoms with van der Waals surface area (Å²) in [4.78, 5) is 26.8. The molecule has 2 atom stereocenters. The van der Waals surface area contributed by atoms with Gasteiger partial charge in [-0.25, -0.2) is 0 Å². The highest BCUT2D eigenvalue weighted by atomic mass is 16.2. The predicted molar refractivity (Wildman–Crippen MR) is 114 cm³/mol. The van der Waals surface area contributed by atoms with Crippen molar-refractivity contribution in [3.8, 4) is 0 Å². The summed E-state index contributed by atoms with van der Waals surface area (Å²) in [5.41, 5.74) is 2.91. The van der Waals surface area contributed by atoms with E-state index < -0.39 is 0 Å².